The first-order valence-electron chi connectivity index (χ1n) is 10.3. The molecule has 1 aliphatic heterocycles. The molecule has 2 amide bonds. The van der Waals surface area contributed by atoms with Gasteiger partial charge in [-0.3, -0.25) is 9.59 Å². The molecule has 0 saturated carbocycles. The van der Waals surface area contributed by atoms with E-state index in [1.165, 1.54) is 18.3 Å². The number of nitrogens with zero attached hydrogens (tertiary/aromatic N) is 4. The maximum atomic E-state index is 12.9. The van der Waals surface area contributed by atoms with Crippen LogP contribution in [-0.4, -0.2) is 57.8 Å². The summed E-state index contributed by atoms with van der Waals surface area (Å²) in [6.07, 6.45) is 1.75. The van der Waals surface area contributed by atoms with E-state index in [1.807, 2.05) is 41.3 Å². The highest BCUT2D eigenvalue weighted by molar-refractivity contribution is 7.21. The molecule has 10 heteroatoms. The Morgan fingerprint density at radius 2 is 1.91 bits per heavy atom. The van der Waals surface area contributed by atoms with E-state index in [1.54, 1.807) is 6.20 Å². The largest absolute Gasteiger partial charge is 0.334 e. The molecule has 5 rings (SSSR count). The predicted octanol–water partition coefficient (Wildman–Crippen LogP) is 2.99. The number of hydrogen-bond donors (Lipinski definition) is 3. The molecule has 0 unspecified atom stereocenters. The van der Waals surface area contributed by atoms with Crippen molar-refractivity contribution >= 4 is 61.6 Å². The SMILES string of the molecule is CC(=O)Nc1cccc(Nc2ncc3ccc4nc(C(=O)N5CCNCC5)sc4c3n2)c1. The molecule has 0 atom stereocenters. The van der Waals surface area contributed by atoms with Gasteiger partial charge in [-0.1, -0.05) is 6.07 Å². The number of amides is 2. The quantitative estimate of drug-likeness (QED) is 0.441. The number of rotatable bonds is 4. The smallest absolute Gasteiger partial charge is 0.282 e. The molecule has 1 saturated heterocycles. The lowest BCUT2D eigenvalue weighted by Crippen LogP contribution is -2.46. The first-order valence-corrected chi connectivity index (χ1v) is 11.1. The van der Waals surface area contributed by atoms with Crippen LogP contribution in [0.25, 0.3) is 21.1 Å². The standard InChI is InChI=1S/C22H21N7O2S/c1-13(30)25-15-3-2-4-16(11-15)26-22-24-12-14-5-6-17-19(18(14)28-22)32-20(27-17)21(31)29-9-7-23-8-10-29/h2-6,11-12,23H,7-10H2,1H3,(H,25,30)(H,24,26,28). The van der Waals surface area contributed by atoms with E-state index >= 15 is 0 Å². The summed E-state index contributed by atoms with van der Waals surface area (Å²) in [6.45, 7) is 4.43. The molecule has 2 aromatic carbocycles. The van der Waals surface area contributed by atoms with Gasteiger partial charge in [-0.2, -0.15) is 0 Å². The van der Waals surface area contributed by atoms with Gasteiger partial charge in [-0.05, 0) is 30.3 Å². The van der Waals surface area contributed by atoms with Gasteiger partial charge >= 0.3 is 0 Å². The van der Waals surface area contributed by atoms with Crippen LogP contribution in [0.1, 0.15) is 16.7 Å². The van der Waals surface area contributed by atoms with Crippen molar-refractivity contribution < 1.29 is 9.59 Å². The van der Waals surface area contributed by atoms with Gasteiger partial charge in [0.2, 0.25) is 11.9 Å². The van der Waals surface area contributed by atoms with Gasteiger partial charge in [0.1, 0.15) is 0 Å². The van der Waals surface area contributed by atoms with Crippen LogP contribution >= 0.6 is 11.3 Å². The number of carbonyl (C=O) groups is 2. The molecule has 3 heterocycles. The van der Waals surface area contributed by atoms with Crippen LogP contribution in [0.5, 0.6) is 0 Å². The highest BCUT2D eigenvalue weighted by atomic mass is 32.1. The highest BCUT2D eigenvalue weighted by Crippen LogP contribution is 2.30. The average Bonchev–Trinajstić information content (AvgIpc) is 3.24. The number of fused-ring (bicyclic) bond motifs is 3. The third-order valence-electron chi connectivity index (χ3n) is 5.13. The zero-order valence-corrected chi connectivity index (χ0v) is 18.2. The Bertz CT molecular complexity index is 1330. The third-order valence-corrected chi connectivity index (χ3v) is 6.20. The van der Waals surface area contributed by atoms with Gasteiger partial charge in [0, 0.05) is 56.1 Å². The topological polar surface area (TPSA) is 112 Å². The fourth-order valence-corrected chi connectivity index (χ4v) is 4.67. The highest BCUT2D eigenvalue weighted by Gasteiger charge is 2.22. The second-order valence-electron chi connectivity index (χ2n) is 7.49. The summed E-state index contributed by atoms with van der Waals surface area (Å²) in [5, 5.41) is 10.6. The van der Waals surface area contributed by atoms with E-state index in [0.717, 1.165) is 39.9 Å². The van der Waals surface area contributed by atoms with Gasteiger partial charge in [0.25, 0.3) is 5.91 Å². The zero-order chi connectivity index (χ0) is 22.1. The van der Waals surface area contributed by atoms with Crippen LogP contribution in [0, 0.1) is 0 Å². The monoisotopic (exact) mass is 447 g/mol. The van der Waals surface area contributed by atoms with E-state index in [4.69, 9.17) is 4.98 Å². The van der Waals surface area contributed by atoms with Crippen molar-refractivity contribution in [3.63, 3.8) is 0 Å². The molecule has 1 fully saturated rings. The fourth-order valence-electron chi connectivity index (χ4n) is 3.64. The van der Waals surface area contributed by atoms with E-state index in [2.05, 4.69) is 25.9 Å². The average molecular weight is 448 g/mol. The zero-order valence-electron chi connectivity index (χ0n) is 17.4. The second-order valence-corrected chi connectivity index (χ2v) is 8.49. The molecular weight excluding hydrogens is 426 g/mol. The van der Waals surface area contributed by atoms with Crippen LogP contribution < -0.4 is 16.0 Å². The van der Waals surface area contributed by atoms with Gasteiger partial charge in [0.05, 0.1) is 15.7 Å². The number of aromatic nitrogens is 3. The van der Waals surface area contributed by atoms with Gasteiger partial charge in [-0.25, -0.2) is 15.0 Å². The van der Waals surface area contributed by atoms with Crippen molar-refractivity contribution in [3.05, 3.63) is 47.6 Å². The van der Waals surface area contributed by atoms with Crippen molar-refractivity contribution in [2.45, 2.75) is 6.92 Å². The summed E-state index contributed by atoms with van der Waals surface area (Å²) in [6, 6.07) is 11.1. The number of nitrogens with one attached hydrogen (secondary N) is 3. The Morgan fingerprint density at radius 1 is 1.09 bits per heavy atom. The molecule has 0 aliphatic carbocycles. The molecule has 3 N–H and O–H groups in total. The lowest BCUT2D eigenvalue weighted by atomic mass is 10.2. The van der Waals surface area contributed by atoms with Crippen LogP contribution in [0.2, 0.25) is 0 Å². The van der Waals surface area contributed by atoms with Crippen molar-refractivity contribution in [2.24, 2.45) is 0 Å². The fraction of sp³-hybridized carbons (Fsp3) is 0.227. The van der Waals surface area contributed by atoms with E-state index < -0.39 is 0 Å². The van der Waals surface area contributed by atoms with Crippen LogP contribution in [0.15, 0.2) is 42.6 Å². The van der Waals surface area contributed by atoms with Crippen LogP contribution in [0.4, 0.5) is 17.3 Å². The second kappa shape index (κ2) is 8.48. The molecule has 0 radical (unpaired) electrons. The Labute approximate surface area is 187 Å². The molecule has 9 nitrogen and oxygen atoms in total. The Morgan fingerprint density at radius 3 is 2.72 bits per heavy atom. The third kappa shape index (κ3) is 4.10. The maximum Gasteiger partial charge on any atom is 0.282 e. The summed E-state index contributed by atoms with van der Waals surface area (Å²) in [4.78, 5) is 39.7. The number of piperazine rings is 1. The summed E-state index contributed by atoms with van der Waals surface area (Å²) in [5.74, 6) is 0.249. The van der Waals surface area contributed by atoms with E-state index in [0.29, 0.717) is 29.7 Å². The Kier molecular flexibility index (Phi) is 5.38. The summed E-state index contributed by atoms with van der Waals surface area (Å²) in [5.41, 5.74) is 2.93. The Balaban J connectivity index is 1.47. The summed E-state index contributed by atoms with van der Waals surface area (Å²) in [7, 11) is 0. The number of carbonyl (C=O) groups excluding carboxylic acids is 2. The number of anilines is 3. The first-order chi connectivity index (χ1) is 15.6. The number of hydrogen-bond acceptors (Lipinski definition) is 8. The van der Waals surface area contributed by atoms with Crippen molar-refractivity contribution in [1.82, 2.24) is 25.2 Å². The number of benzene rings is 2. The molecule has 4 aromatic rings. The Hall–Kier alpha value is -3.63. The van der Waals surface area contributed by atoms with E-state index in [-0.39, 0.29) is 11.8 Å². The van der Waals surface area contributed by atoms with Gasteiger partial charge < -0.3 is 20.9 Å². The molecule has 1 aliphatic rings. The summed E-state index contributed by atoms with van der Waals surface area (Å²) < 4.78 is 0.860. The molecule has 2 aromatic heterocycles. The molecule has 32 heavy (non-hydrogen) atoms. The van der Waals surface area contributed by atoms with Gasteiger partial charge in [-0.15, -0.1) is 11.3 Å². The maximum absolute atomic E-state index is 12.9. The molecule has 0 bridgehead atoms. The minimum absolute atomic E-state index is 0.0389. The minimum Gasteiger partial charge on any atom is -0.334 e. The van der Waals surface area contributed by atoms with E-state index in [9.17, 15) is 9.59 Å². The molecule has 0 spiro atoms. The van der Waals surface area contributed by atoms with Crippen molar-refractivity contribution in [1.29, 1.82) is 0 Å². The molecular formula is C22H21N7O2S. The molecule has 162 valence electrons. The van der Waals surface area contributed by atoms with Gasteiger partial charge in [0.15, 0.2) is 5.01 Å². The number of thiazole rings is 1. The summed E-state index contributed by atoms with van der Waals surface area (Å²) >= 11 is 1.36. The normalized spacial score (nSPS) is 14.0. The predicted molar refractivity (Wildman–Crippen MR) is 126 cm³/mol. The first kappa shape index (κ1) is 20.3. The van der Waals surface area contributed by atoms with Crippen LogP contribution in [-0.2, 0) is 4.79 Å². The van der Waals surface area contributed by atoms with Crippen LogP contribution in [0.3, 0.4) is 0 Å². The minimum atomic E-state index is -0.136. The van der Waals surface area contributed by atoms with Crippen molar-refractivity contribution in [3.8, 4) is 0 Å². The lowest BCUT2D eigenvalue weighted by molar-refractivity contribution is -0.114. The van der Waals surface area contributed by atoms with Crippen molar-refractivity contribution in [2.75, 3.05) is 36.8 Å². The lowest BCUT2D eigenvalue weighted by Gasteiger charge is -2.26.